The number of Topliss-reactive ketones (excluding diaryl/α,β-unsaturated/α-hetero) is 1. The molecule has 0 aromatic carbocycles. The third-order valence-electron chi connectivity index (χ3n) is 5.18. The summed E-state index contributed by atoms with van der Waals surface area (Å²) in [5.41, 5.74) is 10.6. The van der Waals surface area contributed by atoms with Gasteiger partial charge in [-0.15, -0.1) is 0 Å². The average molecular weight is 336 g/mol. The lowest BCUT2D eigenvalue weighted by Crippen LogP contribution is -2.57. The Bertz CT molecular complexity index is 509. The third-order valence-corrected chi connectivity index (χ3v) is 5.18. The summed E-state index contributed by atoms with van der Waals surface area (Å²) >= 11 is 0. The molecule has 0 aliphatic heterocycles. The zero-order chi connectivity index (χ0) is 17.7. The van der Waals surface area contributed by atoms with Gasteiger partial charge in [0.05, 0.1) is 12.3 Å². The van der Waals surface area contributed by atoms with Crippen molar-refractivity contribution in [3.63, 3.8) is 0 Å². The molecule has 5 N–H and O–H groups in total. The number of aliphatic hydroxyl groups is 1. The molecule has 0 radical (unpaired) electrons. The second-order valence-corrected chi connectivity index (χ2v) is 7.69. The van der Waals surface area contributed by atoms with Crippen molar-refractivity contribution >= 4 is 5.78 Å². The van der Waals surface area contributed by atoms with Crippen LogP contribution in [0, 0.1) is 11.8 Å². The average Bonchev–Trinajstić information content (AvgIpc) is 3.08. The first-order chi connectivity index (χ1) is 11.4. The van der Waals surface area contributed by atoms with Gasteiger partial charge in [-0.2, -0.15) is 0 Å². The molecule has 1 heterocycles. The highest BCUT2D eigenvalue weighted by molar-refractivity contribution is 5.92. The Kier molecular flexibility index (Phi) is 6.61. The highest BCUT2D eigenvalue weighted by Gasteiger charge is 2.48. The van der Waals surface area contributed by atoms with Crippen LogP contribution in [0.15, 0.2) is 22.8 Å². The number of nitrogens with two attached hydrogens (primary N) is 2. The van der Waals surface area contributed by atoms with Crippen LogP contribution in [-0.2, 0) is 10.4 Å². The first kappa shape index (κ1) is 19.2. The molecule has 24 heavy (non-hydrogen) atoms. The smallest absolute Gasteiger partial charge is 0.197 e. The van der Waals surface area contributed by atoms with Crippen molar-refractivity contribution in [2.24, 2.45) is 23.3 Å². The Morgan fingerprint density at radius 3 is 2.54 bits per heavy atom. The third kappa shape index (κ3) is 4.26. The van der Waals surface area contributed by atoms with Crippen LogP contribution in [0.3, 0.4) is 0 Å². The van der Waals surface area contributed by atoms with Gasteiger partial charge in [-0.1, -0.05) is 46.0 Å². The predicted molar refractivity (Wildman–Crippen MR) is 94.2 cm³/mol. The van der Waals surface area contributed by atoms with E-state index in [4.69, 9.17) is 15.9 Å². The summed E-state index contributed by atoms with van der Waals surface area (Å²) in [6.07, 6.45) is 8.42. The molecule has 0 amide bonds. The van der Waals surface area contributed by atoms with Crippen LogP contribution in [-0.4, -0.2) is 23.0 Å². The van der Waals surface area contributed by atoms with Crippen LogP contribution in [0.5, 0.6) is 0 Å². The maximum absolute atomic E-state index is 13.0. The van der Waals surface area contributed by atoms with Gasteiger partial charge in [0, 0.05) is 6.04 Å². The lowest BCUT2D eigenvalue weighted by atomic mass is 9.76. The van der Waals surface area contributed by atoms with Crippen molar-refractivity contribution in [2.45, 2.75) is 76.5 Å². The lowest BCUT2D eigenvalue weighted by molar-refractivity contribution is -0.145. The number of hydrogen-bond donors (Lipinski definition) is 3. The Labute approximate surface area is 144 Å². The summed E-state index contributed by atoms with van der Waals surface area (Å²) in [7, 11) is 0. The lowest BCUT2D eigenvalue weighted by Gasteiger charge is -2.35. The van der Waals surface area contributed by atoms with Gasteiger partial charge in [0.1, 0.15) is 5.76 Å². The van der Waals surface area contributed by atoms with Gasteiger partial charge >= 0.3 is 0 Å². The summed E-state index contributed by atoms with van der Waals surface area (Å²) < 4.78 is 5.38. The van der Waals surface area contributed by atoms with E-state index in [1.54, 1.807) is 12.1 Å². The summed E-state index contributed by atoms with van der Waals surface area (Å²) in [6.45, 7) is 4.00. The molecule has 1 aromatic rings. The molecule has 0 spiro atoms. The van der Waals surface area contributed by atoms with E-state index >= 15 is 0 Å². The van der Waals surface area contributed by atoms with E-state index in [2.05, 4.69) is 0 Å². The normalized spacial score (nSPS) is 21.4. The van der Waals surface area contributed by atoms with Crippen LogP contribution < -0.4 is 11.5 Å². The standard InChI is InChI=1S/C19H32N2O3/c1-13(2)11-15(20)18(22)19(23,17-9-6-10-24-17)16(21)12-14-7-4-3-5-8-14/h6,9-10,13-16,23H,3-5,7-8,11-12,20-21H2,1-2H3/t15-,16-,19+/m0/s1. The molecule has 0 unspecified atom stereocenters. The van der Waals surface area contributed by atoms with Gasteiger partial charge in [-0.05, 0) is 36.8 Å². The number of furan rings is 1. The highest BCUT2D eigenvalue weighted by atomic mass is 16.4. The van der Waals surface area contributed by atoms with Crippen molar-refractivity contribution in [3.8, 4) is 0 Å². The van der Waals surface area contributed by atoms with E-state index in [1.165, 1.54) is 25.5 Å². The number of carbonyl (C=O) groups excluding carboxylic acids is 1. The van der Waals surface area contributed by atoms with Gasteiger partial charge in [0.15, 0.2) is 11.4 Å². The molecule has 1 aliphatic carbocycles. The molecule has 1 saturated carbocycles. The van der Waals surface area contributed by atoms with Crippen LogP contribution in [0.25, 0.3) is 0 Å². The fourth-order valence-corrected chi connectivity index (χ4v) is 3.83. The molecule has 2 rings (SSSR count). The molecule has 1 fully saturated rings. The van der Waals surface area contributed by atoms with Crippen molar-refractivity contribution in [2.75, 3.05) is 0 Å². The second kappa shape index (κ2) is 8.28. The molecule has 3 atom stereocenters. The van der Waals surface area contributed by atoms with Gasteiger partial charge in [-0.25, -0.2) is 0 Å². The number of ketones is 1. The Balaban J connectivity index is 2.21. The van der Waals surface area contributed by atoms with Crippen molar-refractivity contribution in [3.05, 3.63) is 24.2 Å². The van der Waals surface area contributed by atoms with E-state index in [9.17, 15) is 9.90 Å². The Morgan fingerprint density at radius 2 is 2.00 bits per heavy atom. The van der Waals surface area contributed by atoms with E-state index in [0.717, 1.165) is 12.8 Å². The topological polar surface area (TPSA) is 102 Å². The molecule has 136 valence electrons. The molecular weight excluding hydrogens is 304 g/mol. The maximum Gasteiger partial charge on any atom is 0.197 e. The largest absolute Gasteiger partial charge is 0.466 e. The van der Waals surface area contributed by atoms with E-state index < -0.39 is 23.5 Å². The zero-order valence-corrected chi connectivity index (χ0v) is 14.9. The molecule has 0 bridgehead atoms. The quantitative estimate of drug-likeness (QED) is 0.677. The zero-order valence-electron chi connectivity index (χ0n) is 14.9. The van der Waals surface area contributed by atoms with Crippen molar-refractivity contribution in [1.29, 1.82) is 0 Å². The number of carbonyl (C=O) groups is 1. The molecule has 0 saturated heterocycles. The molecule has 5 heteroatoms. The summed E-state index contributed by atoms with van der Waals surface area (Å²) in [4.78, 5) is 13.0. The SMILES string of the molecule is CC(C)C[C@H](N)C(=O)[C@](O)(c1ccco1)[C@@H](N)CC1CCCCC1. The fourth-order valence-electron chi connectivity index (χ4n) is 3.83. The van der Waals surface area contributed by atoms with Crippen LogP contribution in [0.2, 0.25) is 0 Å². The monoisotopic (exact) mass is 336 g/mol. The minimum Gasteiger partial charge on any atom is -0.466 e. The minimum absolute atomic E-state index is 0.204. The van der Waals surface area contributed by atoms with Crippen molar-refractivity contribution in [1.82, 2.24) is 0 Å². The second-order valence-electron chi connectivity index (χ2n) is 7.69. The van der Waals surface area contributed by atoms with E-state index in [1.807, 2.05) is 13.8 Å². The van der Waals surface area contributed by atoms with Crippen LogP contribution in [0.4, 0.5) is 0 Å². The van der Waals surface area contributed by atoms with Gasteiger partial charge in [-0.3, -0.25) is 4.79 Å². The maximum atomic E-state index is 13.0. The highest BCUT2D eigenvalue weighted by Crippen LogP contribution is 2.34. The van der Waals surface area contributed by atoms with Crippen LogP contribution >= 0.6 is 0 Å². The number of rotatable bonds is 8. The first-order valence-corrected chi connectivity index (χ1v) is 9.17. The molecular formula is C19H32N2O3. The molecule has 5 nitrogen and oxygen atoms in total. The minimum atomic E-state index is -1.85. The summed E-state index contributed by atoms with van der Waals surface area (Å²) in [5, 5.41) is 11.3. The first-order valence-electron chi connectivity index (χ1n) is 9.17. The van der Waals surface area contributed by atoms with Gasteiger partial charge in [0.2, 0.25) is 0 Å². The molecule has 1 aliphatic rings. The number of hydrogen-bond acceptors (Lipinski definition) is 5. The van der Waals surface area contributed by atoms with Gasteiger partial charge in [0.25, 0.3) is 0 Å². The Morgan fingerprint density at radius 1 is 1.33 bits per heavy atom. The van der Waals surface area contributed by atoms with E-state index in [0.29, 0.717) is 18.8 Å². The van der Waals surface area contributed by atoms with E-state index in [-0.39, 0.29) is 11.7 Å². The summed E-state index contributed by atoms with van der Waals surface area (Å²) in [6, 6.07) is 1.81. The summed E-state index contributed by atoms with van der Waals surface area (Å²) in [5.74, 6) is 0.480. The fraction of sp³-hybridized carbons (Fsp3) is 0.737. The molecule has 1 aromatic heterocycles. The Hall–Kier alpha value is -1.17. The predicted octanol–water partition coefficient (Wildman–Crippen LogP) is 2.71. The van der Waals surface area contributed by atoms with Crippen LogP contribution in [0.1, 0.15) is 64.6 Å². The van der Waals surface area contributed by atoms with Gasteiger partial charge < -0.3 is 21.0 Å². The van der Waals surface area contributed by atoms with Crippen molar-refractivity contribution < 1.29 is 14.3 Å².